The standard InChI is InChI=1S/C26H31N3O9S/c1-2-37-24(30)23(18-28-14-16-36-17-15-28)27-39(34,35)22-10-8-21(9-11-22)38-25(31)26(12-3-13-26)19-4-6-20(7-5-19)29(32)33/h4-11,23,27H,2-3,12-18H2,1H3. The van der Waals surface area contributed by atoms with Crippen LogP contribution in [0.3, 0.4) is 0 Å². The number of hydrogen-bond donors (Lipinski definition) is 1. The van der Waals surface area contributed by atoms with Crippen LogP contribution in [0.1, 0.15) is 31.7 Å². The van der Waals surface area contributed by atoms with Crippen LogP contribution in [0.4, 0.5) is 5.69 Å². The minimum atomic E-state index is -4.10. The molecule has 1 unspecified atom stereocenters. The lowest BCUT2D eigenvalue weighted by Crippen LogP contribution is -2.51. The molecule has 12 nitrogen and oxygen atoms in total. The average Bonchev–Trinajstić information content (AvgIpc) is 2.89. The highest BCUT2D eigenvalue weighted by Gasteiger charge is 2.47. The van der Waals surface area contributed by atoms with Crippen LogP contribution in [0.25, 0.3) is 0 Å². The number of nitrogens with zero attached hydrogens (tertiary/aromatic N) is 2. The molecule has 1 aliphatic heterocycles. The van der Waals surface area contributed by atoms with Gasteiger partial charge in [-0.05, 0) is 49.6 Å². The van der Waals surface area contributed by atoms with Crippen LogP contribution in [-0.2, 0) is 34.5 Å². The van der Waals surface area contributed by atoms with Gasteiger partial charge in [0.1, 0.15) is 11.8 Å². The van der Waals surface area contributed by atoms with Gasteiger partial charge >= 0.3 is 11.9 Å². The summed E-state index contributed by atoms with van der Waals surface area (Å²) in [6.07, 6.45) is 1.89. The first-order chi connectivity index (χ1) is 18.6. The number of morpholine rings is 1. The van der Waals surface area contributed by atoms with Gasteiger partial charge in [-0.15, -0.1) is 0 Å². The summed E-state index contributed by atoms with van der Waals surface area (Å²) in [7, 11) is -4.10. The predicted octanol–water partition coefficient (Wildman–Crippen LogP) is 2.16. The van der Waals surface area contributed by atoms with Crippen LogP contribution in [0.15, 0.2) is 53.4 Å². The normalized spacial score (nSPS) is 18.0. The highest BCUT2D eigenvalue weighted by molar-refractivity contribution is 7.89. The van der Waals surface area contributed by atoms with Gasteiger partial charge in [0.2, 0.25) is 10.0 Å². The molecule has 2 aromatic rings. The highest BCUT2D eigenvalue weighted by atomic mass is 32.2. The Morgan fingerprint density at radius 3 is 2.28 bits per heavy atom. The van der Waals surface area contributed by atoms with Gasteiger partial charge in [-0.3, -0.25) is 24.6 Å². The van der Waals surface area contributed by atoms with Crippen LogP contribution in [0, 0.1) is 10.1 Å². The van der Waals surface area contributed by atoms with Crippen molar-refractivity contribution in [3.8, 4) is 5.75 Å². The summed E-state index contributed by atoms with van der Waals surface area (Å²) in [6, 6.07) is 10.1. The molecule has 0 spiro atoms. The molecule has 1 saturated carbocycles. The molecule has 39 heavy (non-hydrogen) atoms. The van der Waals surface area contributed by atoms with Crippen molar-refractivity contribution in [3.63, 3.8) is 0 Å². The Labute approximate surface area is 226 Å². The second-order valence-electron chi connectivity index (χ2n) is 9.44. The average molecular weight is 562 g/mol. The largest absolute Gasteiger partial charge is 0.465 e. The number of non-ortho nitro benzene ring substituents is 1. The van der Waals surface area contributed by atoms with E-state index in [0.29, 0.717) is 44.7 Å². The number of hydrogen-bond acceptors (Lipinski definition) is 10. The van der Waals surface area contributed by atoms with Gasteiger partial charge in [0.25, 0.3) is 5.69 Å². The molecular weight excluding hydrogens is 530 g/mol. The lowest BCUT2D eigenvalue weighted by Gasteiger charge is -2.39. The Morgan fingerprint density at radius 1 is 1.10 bits per heavy atom. The van der Waals surface area contributed by atoms with Crippen molar-refractivity contribution in [2.75, 3.05) is 39.5 Å². The SMILES string of the molecule is CCOC(=O)C(CN1CCOCC1)NS(=O)(=O)c1ccc(OC(=O)C2(c3ccc([N+](=O)[O-])cc3)CCC2)cc1. The molecule has 1 heterocycles. The fraction of sp³-hybridized carbons (Fsp3) is 0.462. The zero-order valence-corrected chi connectivity index (χ0v) is 22.4. The molecule has 13 heteroatoms. The van der Waals surface area contributed by atoms with Crippen LogP contribution >= 0.6 is 0 Å². The van der Waals surface area contributed by atoms with Crippen molar-refractivity contribution in [3.05, 3.63) is 64.2 Å². The zero-order valence-electron chi connectivity index (χ0n) is 21.5. The summed E-state index contributed by atoms with van der Waals surface area (Å²) in [4.78, 5) is 37.9. The number of rotatable bonds is 11. The lowest BCUT2D eigenvalue weighted by atomic mass is 9.64. The molecule has 1 aliphatic carbocycles. The van der Waals surface area contributed by atoms with E-state index >= 15 is 0 Å². The molecular formula is C26H31N3O9S. The Hall–Kier alpha value is -3.39. The third kappa shape index (κ3) is 6.61. The van der Waals surface area contributed by atoms with Gasteiger partial charge in [-0.1, -0.05) is 18.6 Å². The smallest absolute Gasteiger partial charge is 0.325 e. The van der Waals surface area contributed by atoms with Crippen molar-refractivity contribution in [1.82, 2.24) is 9.62 Å². The summed E-state index contributed by atoms with van der Waals surface area (Å²) in [5, 5.41) is 11.0. The molecule has 4 rings (SSSR count). The molecule has 0 radical (unpaired) electrons. The topological polar surface area (TPSA) is 154 Å². The summed E-state index contributed by atoms with van der Waals surface area (Å²) in [6.45, 7) is 4.02. The van der Waals surface area contributed by atoms with Gasteiger partial charge in [0.05, 0.1) is 35.1 Å². The van der Waals surface area contributed by atoms with Crippen molar-refractivity contribution in [2.45, 2.75) is 42.5 Å². The van der Waals surface area contributed by atoms with Crippen molar-refractivity contribution < 1.29 is 37.1 Å². The van der Waals surface area contributed by atoms with E-state index in [0.717, 1.165) is 6.42 Å². The first-order valence-corrected chi connectivity index (χ1v) is 14.2. The molecule has 1 saturated heterocycles. The number of benzene rings is 2. The third-order valence-electron chi connectivity index (χ3n) is 6.99. The second kappa shape index (κ2) is 12.2. The molecule has 0 bridgehead atoms. The number of carbonyl (C=O) groups excluding carboxylic acids is 2. The van der Waals surface area contributed by atoms with Crippen LogP contribution in [0.2, 0.25) is 0 Å². The maximum absolute atomic E-state index is 13.1. The first-order valence-electron chi connectivity index (χ1n) is 12.7. The Balaban J connectivity index is 1.44. The van der Waals surface area contributed by atoms with Gasteiger partial charge in [-0.2, -0.15) is 4.72 Å². The predicted molar refractivity (Wildman–Crippen MR) is 139 cm³/mol. The minimum absolute atomic E-state index is 0.0675. The number of nitrogens with one attached hydrogen (secondary N) is 1. The van der Waals surface area contributed by atoms with E-state index in [1.54, 1.807) is 19.1 Å². The fourth-order valence-electron chi connectivity index (χ4n) is 4.63. The van der Waals surface area contributed by atoms with E-state index in [1.807, 2.05) is 4.90 Å². The molecule has 210 valence electrons. The lowest BCUT2D eigenvalue weighted by molar-refractivity contribution is -0.384. The minimum Gasteiger partial charge on any atom is -0.465 e. The van der Waals surface area contributed by atoms with Gasteiger partial charge < -0.3 is 14.2 Å². The number of esters is 2. The maximum Gasteiger partial charge on any atom is 0.325 e. The number of ether oxygens (including phenoxy) is 3. The molecule has 2 aromatic carbocycles. The van der Waals surface area contributed by atoms with E-state index in [9.17, 15) is 28.1 Å². The molecule has 1 atom stereocenters. The van der Waals surface area contributed by atoms with E-state index < -0.39 is 38.3 Å². The van der Waals surface area contributed by atoms with Crippen LogP contribution in [0.5, 0.6) is 5.75 Å². The number of carbonyl (C=O) groups is 2. The number of nitro benzene ring substituents is 1. The number of sulfonamides is 1. The Bertz CT molecular complexity index is 1290. The van der Waals surface area contributed by atoms with Crippen molar-refractivity contribution in [1.29, 1.82) is 0 Å². The first kappa shape index (κ1) is 28.6. The van der Waals surface area contributed by atoms with Gasteiger partial charge in [-0.25, -0.2) is 8.42 Å². The molecule has 1 N–H and O–H groups in total. The Morgan fingerprint density at radius 2 is 1.74 bits per heavy atom. The van der Waals surface area contributed by atoms with E-state index in [2.05, 4.69) is 4.72 Å². The summed E-state index contributed by atoms with van der Waals surface area (Å²) < 4.78 is 44.6. The quantitative estimate of drug-likeness (QED) is 0.187. The van der Waals surface area contributed by atoms with Gasteiger partial charge in [0.15, 0.2) is 0 Å². The highest BCUT2D eigenvalue weighted by Crippen LogP contribution is 2.45. The van der Waals surface area contributed by atoms with Crippen LogP contribution in [-0.4, -0.2) is 75.7 Å². The zero-order chi connectivity index (χ0) is 28.0. The summed E-state index contributed by atoms with van der Waals surface area (Å²) >= 11 is 0. The Kier molecular flexibility index (Phi) is 8.95. The summed E-state index contributed by atoms with van der Waals surface area (Å²) in [5.74, 6) is -1.03. The maximum atomic E-state index is 13.1. The van der Waals surface area contributed by atoms with Gasteiger partial charge in [0, 0.05) is 31.8 Å². The van der Waals surface area contributed by atoms with Crippen LogP contribution < -0.4 is 9.46 Å². The fourth-order valence-corrected chi connectivity index (χ4v) is 5.81. The molecule has 0 aromatic heterocycles. The number of nitro groups is 1. The summed E-state index contributed by atoms with van der Waals surface area (Å²) in [5.41, 5.74) is -0.339. The van der Waals surface area contributed by atoms with E-state index in [1.165, 1.54) is 36.4 Å². The van der Waals surface area contributed by atoms with E-state index in [-0.39, 0.29) is 29.5 Å². The molecule has 0 amide bonds. The second-order valence-corrected chi connectivity index (χ2v) is 11.2. The molecule has 2 aliphatic rings. The molecule has 2 fully saturated rings. The monoisotopic (exact) mass is 561 g/mol. The third-order valence-corrected chi connectivity index (χ3v) is 8.47. The van der Waals surface area contributed by atoms with Crippen molar-refractivity contribution in [2.24, 2.45) is 0 Å². The van der Waals surface area contributed by atoms with Crippen molar-refractivity contribution >= 4 is 27.6 Å². The van der Waals surface area contributed by atoms with E-state index in [4.69, 9.17) is 14.2 Å².